The number of hydrogen-bond donors (Lipinski definition) is 2. The first kappa shape index (κ1) is 13.8. The summed E-state index contributed by atoms with van der Waals surface area (Å²) in [4.78, 5) is 0. The van der Waals surface area contributed by atoms with Gasteiger partial charge >= 0.3 is 0 Å². The second-order valence-corrected chi connectivity index (χ2v) is 4.71. The van der Waals surface area contributed by atoms with Crippen LogP contribution in [-0.2, 0) is 0 Å². The maximum Gasteiger partial charge on any atom is 0.211 e. The average Bonchev–Trinajstić information content (AvgIpc) is 2.42. The summed E-state index contributed by atoms with van der Waals surface area (Å²) in [6, 6.07) is 16.2. The summed E-state index contributed by atoms with van der Waals surface area (Å²) in [5.41, 5.74) is 15.8. The van der Waals surface area contributed by atoms with Crippen LogP contribution in [0, 0.1) is 13.8 Å². The van der Waals surface area contributed by atoms with E-state index in [1.807, 2.05) is 62.4 Å². The molecule has 2 rings (SSSR count). The van der Waals surface area contributed by atoms with E-state index in [0.29, 0.717) is 0 Å². The number of benzene rings is 2. The van der Waals surface area contributed by atoms with E-state index in [1.54, 1.807) is 0 Å². The van der Waals surface area contributed by atoms with Gasteiger partial charge in [0, 0.05) is 11.1 Å². The van der Waals surface area contributed by atoms with E-state index in [2.05, 4.69) is 10.2 Å². The summed E-state index contributed by atoms with van der Waals surface area (Å²) in [5, 5.41) is 7.96. The molecule has 0 amide bonds. The molecule has 0 aliphatic heterocycles. The van der Waals surface area contributed by atoms with Crippen molar-refractivity contribution in [2.75, 3.05) is 0 Å². The summed E-state index contributed by atoms with van der Waals surface area (Å²) >= 11 is 0. The van der Waals surface area contributed by atoms with Crippen LogP contribution in [0.1, 0.15) is 22.3 Å². The molecule has 0 aliphatic rings. The number of nitrogens with zero attached hydrogens (tertiary/aromatic N) is 2. The van der Waals surface area contributed by atoms with Gasteiger partial charge in [0.25, 0.3) is 0 Å². The van der Waals surface area contributed by atoms with Crippen molar-refractivity contribution in [1.82, 2.24) is 0 Å². The molecule has 0 spiro atoms. The zero-order valence-electron chi connectivity index (χ0n) is 11.7. The average molecular weight is 266 g/mol. The number of nitrogens with two attached hydrogens (primary N) is 2. The van der Waals surface area contributed by atoms with Crippen molar-refractivity contribution >= 4 is 11.7 Å². The molecule has 0 aliphatic carbocycles. The molecule has 0 fully saturated rings. The van der Waals surface area contributed by atoms with E-state index in [4.69, 9.17) is 11.5 Å². The maximum atomic E-state index is 5.37. The van der Waals surface area contributed by atoms with E-state index in [0.717, 1.165) is 16.8 Å². The van der Waals surface area contributed by atoms with Gasteiger partial charge < -0.3 is 11.5 Å². The smallest absolute Gasteiger partial charge is 0.211 e. The van der Waals surface area contributed by atoms with Gasteiger partial charge in [-0.3, -0.25) is 0 Å². The molecule has 2 aromatic rings. The lowest BCUT2D eigenvalue weighted by atomic mass is 10.0. The second-order valence-electron chi connectivity index (χ2n) is 4.71. The quantitative estimate of drug-likeness (QED) is 0.508. The third-order valence-electron chi connectivity index (χ3n) is 2.92. The number of aryl methyl sites for hydroxylation is 2. The molecule has 2 aromatic carbocycles. The predicted molar refractivity (Wildman–Crippen MR) is 83.8 cm³/mol. The van der Waals surface area contributed by atoms with Crippen LogP contribution in [0.25, 0.3) is 0 Å². The molecular weight excluding hydrogens is 248 g/mol. The van der Waals surface area contributed by atoms with Crippen LogP contribution in [0.15, 0.2) is 58.7 Å². The van der Waals surface area contributed by atoms with Crippen molar-refractivity contribution < 1.29 is 0 Å². The lowest BCUT2D eigenvalue weighted by molar-refractivity contribution is 1.20. The summed E-state index contributed by atoms with van der Waals surface area (Å²) in [7, 11) is 0. The minimum absolute atomic E-state index is 0.0540. The second kappa shape index (κ2) is 6.02. The van der Waals surface area contributed by atoms with E-state index in [-0.39, 0.29) is 5.96 Å². The summed E-state index contributed by atoms with van der Waals surface area (Å²) in [6.45, 7) is 4.09. The number of guanidine groups is 1. The lowest BCUT2D eigenvalue weighted by Gasteiger charge is -2.06. The highest BCUT2D eigenvalue weighted by molar-refractivity contribution is 6.13. The molecule has 0 aromatic heterocycles. The molecule has 0 saturated carbocycles. The fourth-order valence-corrected chi connectivity index (χ4v) is 1.81. The fourth-order valence-electron chi connectivity index (χ4n) is 1.81. The number of hydrogen-bond acceptors (Lipinski definition) is 2. The van der Waals surface area contributed by atoms with Crippen LogP contribution >= 0.6 is 0 Å². The van der Waals surface area contributed by atoms with Crippen molar-refractivity contribution in [3.05, 3.63) is 70.8 Å². The van der Waals surface area contributed by atoms with Crippen molar-refractivity contribution in [2.45, 2.75) is 13.8 Å². The third-order valence-corrected chi connectivity index (χ3v) is 2.92. The van der Waals surface area contributed by atoms with Gasteiger partial charge in [-0.1, -0.05) is 59.7 Å². The Morgan fingerprint density at radius 2 is 1.10 bits per heavy atom. The Bertz CT molecular complexity index is 586. The fraction of sp³-hybridized carbons (Fsp3) is 0.125. The van der Waals surface area contributed by atoms with E-state index < -0.39 is 0 Å². The Labute approximate surface area is 118 Å². The zero-order chi connectivity index (χ0) is 14.5. The Morgan fingerprint density at radius 1 is 0.700 bits per heavy atom. The molecule has 4 nitrogen and oxygen atoms in total. The van der Waals surface area contributed by atoms with Gasteiger partial charge in [0.05, 0.1) is 0 Å². The van der Waals surface area contributed by atoms with Crippen molar-refractivity contribution in [1.29, 1.82) is 0 Å². The Balaban J connectivity index is 2.50. The zero-order valence-corrected chi connectivity index (χ0v) is 11.7. The SMILES string of the molecule is Cc1ccc(C(=NN=C(N)N)c2ccc(C)cc2)cc1. The highest BCUT2D eigenvalue weighted by atomic mass is 15.3. The van der Waals surface area contributed by atoms with E-state index in [9.17, 15) is 0 Å². The Kier molecular flexibility index (Phi) is 4.15. The monoisotopic (exact) mass is 266 g/mol. The van der Waals surface area contributed by atoms with E-state index >= 15 is 0 Å². The van der Waals surface area contributed by atoms with Gasteiger partial charge in [0.15, 0.2) is 0 Å². The molecule has 0 heterocycles. The topological polar surface area (TPSA) is 76.8 Å². The Hall–Kier alpha value is -2.62. The molecule has 102 valence electrons. The molecule has 0 bridgehead atoms. The van der Waals surface area contributed by atoms with Crippen LogP contribution in [0.2, 0.25) is 0 Å². The van der Waals surface area contributed by atoms with Crippen LogP contribution in [0.4, 0.5) is 0 Å². The van der Waals surface area contributed by atoms with Gasteiger partial charge in [-0.15, -0.1) is 10.2 Å². The first-order valence-electron chi connectivity index (χ1n) is 6.37. The van der Waals surface area contributed by atoms with Gasteiger partial charge in [-0.25, -0.2) is 0 Å². The molecule has 0 atom stereocenters. The van der Waals surface area contributed by atoms with Crippen LogP contribution in [-0.4, -0.2) is 11.7 Å². The molecule has 0 unspecified atom stereocenters. The summed E-state index contributed by atoms with van der Waals surface area (Å²) in [6.07, 6.45) is 0. The molecule has 0 radical (unpaired) electrons. The van der Waals surface area contributed by atoms with Crippen LogP contribution in [0.5, 0.6) is 0 Å². The van der Waals surface area contributed by atoms with Crippen molar-refractivity contribution in [2.24, 2.45) is 21.7 Å². The highest BCUT2D eigenvalue weighted by Crippen LogP contribution is 2.13. The van der Waals surface area contributed by atoms with Gasteiger partial charge in [-0.05, 0) is 13.8 Å². The molecule has 4 N–H and O–H groups in total. The predicted octanol–water partition coefficient (Wildman–Crippen LogP) is 2.33. The third kappa shape index (κ3) is 3.45. The minimum atomic E-state index is -0.0540. The first-order valence-corrected chi connectivity index (χ1v) is 6.37. The molecular formula is C16H18N4. The lowest BCUT2D eigenvalue weighted by Crippen LogP contribution is -2.22. The normalized spacial score (nSPS) is 9.90. The Morgan fingerprint density at radius 3 is 1.45 bits per heavy atom. The van der Waals surface area contributed by atoms with Gasteiger partial charge in [0.2, 0.25) is 5.96 Å². The molecule has 20 heavy (non-hydrogen) atoms. The minimum Gasteiger partial charge on any atom is -0.369 e. The maximum absolute atomic E-state index is 5.37. The largest absolute Gasteiger partial charge is 0.369 e. The molecule has 0 saturated heterocycles. The summed E-state index contributed by atoms with van der Waals surface area (Å²) in [5.74, 6) is -0.0540. The first-order chi connectivity index (χ1) is 9.56. The van der Waals surface area contributed by atoms with Crippen LogP contribution < -0.4 is 11.5 Å². The highest BCUT2D eigenvalue weighted by Gasteiger charge is 2.07. The standard InChI is InChI=1S/C16H18N4/c1-11-3-7-13(8-4-11)15(19-20-16(17)18)14-9-5-12(2)6-10-14/h3-10H,1-2H3,(H4,17,18,20). The summed E-state index contributed by atoms with van der Waals surface area (Å²) < 4.78 is 0. The van der Waals surface area contributed by atoms with Crippen molar-refractivity contribution in [3.8, 4) is 0 Å². The van der Waals surface area contributed by atoms with E-state index in [1.165, 1.54) is 11.1 Å². The van der Waals surface area contributed by atoms with Gasteiger partial charge in [0.1, 0.15) is 5.71 Å². The number of rotatable bonds is 3. The molecule has 4 heteroatoms. The van der Waals surface area contributed by atoms with Crippen molar-refractivity contribution in [3.63, 3.8) is 0 Å². The van der Waals surface area contributed by atoms with Gasteiger partial charge in [-0.2, -0.15) is 0 Å². The van der Waals surface area contributed by atoms with Crippen LogP contribution in [0.3, 0.4) is 0 Å².